The average molecular weight is 558 g/mol. The Morgan fingerprint density at radius 2 is 1.82 bits per heavy atom. The Morgan fingerprint density at radius 1 is 1.05 bits per heavy atom. The molecule has 5 aromatic rings. The van der Waals surface area contributed by atoms with Crippen molar-refractivity contribution >= 4 is 46.3 Å². The van der Waals surface area contributed by atoms with Crippen LogP contribution in [0, 0.1) is 0 Å². The molecule has 0 bridgehead atoms. The molecule has 0 aliphatic heterocycles. The molecule has 8 nitrogen and oxygen atoms in total. The summed E-state index contributed by atoms with van der Waals surface area (Å²) in [6.45, 7) is 2.50. The van der Waals surface area contributed by atoms with Crippen molar-refractivity contribution in [2.24, 2.45) is 5.10 Å². The van der Waals surface area contributed by atoms with Gasteiger partial charge in [-0.1, -0.05) is 53.7 Å². The van der Waals surface area contributed by atoms with Gasteiger partial charge in [-0.05, 0) is 72.3 Å². The first kappa shape index (κ1) is 26.3. The number of amides is 1. The van der Waals surface area contributed by atoms with Crippen LogP contribution in [0.15, 0.2) is 95.2 Å². The first-order valence-corrected chi connectivity index (χ1v) is 13.5. The van der Waals surface area contributed by atoms with E-state index in [4.69, 9.17) is 16.3 Å². The van der Waals surface area contributed by atoms with Gasteiger partial charge in [-0.15, -0.1) is 10.2 Å². The maximum atomic E-state index is 12.6. The Labute approximate surface area is 234 Å². The molecule has 0 saturated carbocycles. The summed E-state index contributed by atoms with van der Waals surface area (Å²) in [7, 11) is 0. The molecule has 4 aromatic carbocycles. The fourth-order valence-electron chi connectivity index (χ4n) is 3.99. The van der Waals surface area contributed by atoms with Crippen LogP contribution in [0.4, 0.5) is 0 Å². The molecule has 0 fully saturated rings. The number of hydrazone groups is 1. The fourth-order valence-corrected chi connectivity index (χ4v) is 4.86. The van der Waals surface area contributed by atoms with Gasteiger partial charge >= 0.3 is 0 Å². The number of benzene rings is 4. The number of hydrogen-bond acceptors (Lipinski definition) is 7. The second-order valence-electron chi connectivity index (χ2n) is 8.38. The molecule has 0 radical (unpaired) electrons. The van der Waals surface area contributed by atoms with Crippen molar-refractivity contribution in [3.05, 3.63) is 95.5 Å². The van der Waals surface area contributed by atoms with E-state index < -0.39 is 0 Å². The number of aromatic nitrogens is 3. The number of ether oxygens (including phenoxy) is 1. The molecule has 0 unspecified atom stereocenters. The Bertz CT molecular complexity index is 1640. The van der Waals surface area contributed by atoms with Gasteiger partial charge in [0.05, 0.1) is 18.6 Å². The van der Waals surface area contributed by atoms with Crippen LogP contribution in [-0.4, -0.2) is 44.4 Å². The first-order valence-electron chi connectivity index (χ1n) is 12.1. The van der Waals surface area contributed by atoms with Crippen molar-refractivity contribution < 1.29 is 14.6 Å². The van der Waals surface area contributed by atoms with E-state index in [0.29, 0.717) is 28.2 Å². The lowest BCUT2D eigenvalue weighted by Crippen LogP contribution is -2.20. The van der Waals surface area contributed by atoms with Gasteiger partial charge in [0.1, 0.15) is 11.5 Å². The number of phenolic OH excluding ortho intramolecular Hbond substituents is 1. The van der Waals surface area contributed by atoms with Crippen molar-refractivity contribution in [1.29, 1.82) is 0 Å². The van der Waals surface area contributed by atoms with Gasteiger partial charge in [0.25, 0.3) is 5.91 Å². The molecule has 0 aliphatic carbocycles. The highest BCUT2D eigenvalue weighted by Gasteiger charge is 2.17. The lowest BCUT2D eigenvalue weighted by molar-refractivity contribution is -0.118. The number of nitrogens with one attached hydrogen (secondary N) is 1. The topological polar surface area (TPSA) is 102 Å². The number of phenols is 1. The zero-order valence-corrected chi connectivity index (χ0v) is 22.5. The van der Waals surface area contributed by atoms with E-state index in [0.717, 1.165) is 27.8 Å². The number of hydrogen-bond donors (Lipinski definition) is 2. The number of carbonyl (C=O) groups is 1. The van der Waals surface area contributed by atoms with E-state index in [2.05, 4.69) is 20.7 Å². The highest BCUT2D eigenvalue weighted by atomic mass is 35.5. The number of nitrogens with zero attached hydrogens (tertiary/aromatic N) is 4. The molecule has 1 heterocycles. The summed E-state index contributed by atoms with van der Waals surface area (Å²) in [4.78, 5) is 12.6. The van der Waals surface area contributed by atoms with Crippen LogP contribution in [0.2, 0.25) is 5.02 Å². The number of fused-ring (bicyclic) bond motifs is 1. The second-order valence-corrected chi connectivity index (χ2v) is 9.76. The SMILES string of the molecule is CCOc1ccc(-n2c(SCC(=O)N/N=C/c3c(O)ccc4ccccc34)nnc2-c2ccc(Cl)cc2)cc1. The lowest BCUT2D eigenvalue weighted by atomic mass is 10.0. The molecule has 1 amide bonds. The van der Waals surface area contributed by atoms with Crippen LogP contribution in [-0.2, 0) is 4.79 Å². The fraction of sp³-hybridized carbons (Fsp3) is 0.103. The minimum Gasteiger partial charge on any atom is -0.507 e. The smallest absolute Gasteiger partial charge is 0.250 e. The molecule has 39 heavy (non-hydrogen) atoms. The third kappa shape index (κ3) is 6.05. The molecule has 196 valence electrons. The van der Waals surface area contributed by atoms with Crippen LogP contribution in [0.25, 0.3) is 27.8 Å². The van der Waals surface area contributed by atoms with Crippen molar-refractivity contribution in [3.63, 3.8) is 0 Å². The first-order chi connectivity index (χ1) is 19.0. The number of rotatable bonds is 9. The van der Waals surface area contributed by atoms with Crippen LogP contribution < -0.4 is 10.2 Å². The summed E-state index contributed by atoms with van der Waals surface area (Å²) >= 11 is 7.31. The van der Waals surface area contributed by atoms with E-state index in [1.165, 1.54) is 18.0 Å². The van der Waals surface area contributed by atoms with Crippen LogP contribution in [0.5, 0.6) is 11.5 Å². The predicted molar refractivity (Wildman–Crippen MR) is 155 cm³/mol. The van der Waals surface area contributed by atoms with Crippen LogP contribution in [0.3, 0.4) is 0 Å². The van der Waals surface area contributed by atoms with E-state index >= 15 is 0 Å². The highest BCUT2D eigenvalue weighted by molar-refractivity contribution is 7.99. The third-order valence-corrected chi connectivity index (χ3v) is 6.99. The van der Waals surface area contributed by atoms with E-state index in [1.54, 1.807) is 18.2 Å². The highest BCUT2D eigenvalue weighted by Crippen LogP contribution is 2.30. The van der Waals surface area contributed by atoms with Gasteiger partial charge in [0.15, 0.2) is 11.0 Å². The Hall–Kier alpha value is -4.34. The number of aromatic hydroxyl groups is 1. The van der Waals surface area contributed by atoms with Crippen molar-refractivity contribution in [2.45, 2.75) is 12.1 Å². The largest absolute Gasteiger partial charge is 0.507 e. The van der Waals surface area contributed by atoms with E-state index in [9.17, 15) is 9.90 Å². The Balaban J connectivity index is 1.34. The van der Waals surface area contributed by atoms with Gasteiger partial charge in [-0.2, -0.15) is 5.10 Å². The normalized spacial score (nSPS) is 11.2. The maximum Gasteiger partial charge on any atom is 0.250 e. The van der Waals surface area contributed by atoms with Gasteiger partial charge in [-0.25, -0.2) is 5.43 Å². The predicted octanol–water partition coefficient (Wildman–Crippen LogP) is 6.09. The monoisotopic (exact) mass is 557 g/mol. The minimum atomic E-state index is -0.328. The lowest BCUT2D eigenvalue weighted by Gasteiger charge is -2.11. The second kappa shape index (κ2) is 12.0. The van der Waals surface area contributed by atoms with Gasteiger partial charge < -0.3 is 9.84 Å². The third-order valence-electron chi connectivity index (χ3n) is 5.80. The molecule has 10 heteroatoms. The van der Waals surface area contributed by atoms with Crippen LogP contribution >= 0.6 is 23.4 Å². The molecular formula is C29H24ClN5O3S. The number of thioether (sulfide) groups is 1. The van der Waals surface area contributed by atoms with Crippen LogP contribution in [0.1, 0.15) is 12.5 Å². The molecule has 0 spiro atoms. The van der Waals surface area contributed by atoms with E-state index in [-0.39, 0.29) is 17.4 Å². The zero-order chi connectivity index (χ0) is 27.2. The number of carbonyl (C=O) groups excluding carboxylic acids is 1. The van der Waals surface area contributed by atoms with Gasteiger partial charge in [0, 0.05) is 21.8 Å². The average Bonchev–Trinajstić information content (AvgIpc) is 3.38. The summed E-state index contributed by atoms with van der Waals surface area (Å²) in [5.41, 5.74) is 4.71. The standard InChI is InChI=1S/C29H24ClN5O3S/c1-2-38-23-14-12-22(13-15-23)35-28(20-7-10-21(30)11-8-20)33-34-29(35)39-18-27(37)32-31-17-25-24-6-4-3-5-19(24)9-16-26(25)36/h3-17,36H,2,18H2,1H3,(H,32,37)/b31-17+. The van der Waals surface area contributed by atoms with Gasteiger partial charge in [0.2, 0.25) is 0 Å². The summed E-state index contributed by atoms with van der Waals surface area (Å²) in [6, 6.07) is 26.0. The summed E-state index contributed by atoms with van der Waals surface area (Å²) in [5, 5.41) is 26.1. The molecule has 2 N–H and O–H groups in total. The maximum absolute atomic E-state index is 12.6. The summed E-state index contributed by atoms with van der Waals surface area (Å²) in [5.74, 6) is 1.17. The molecule has 0 aliphatic rings. The van der Waals surface area contributed by atoms with Crippen molar-refractivity contribution in [2.75, 3.05) is 12.4 Å². The van der Waals surface area contributed by atoms with Gasteiger partial charge in [-0.3, -0.25) is 9.36 Å². The molecule has 0 atom stereocenters. The Morgan fingerprint density at radius 3 is 2.59 bits per heavy atom. The molecular weight excluding hydrogens is 534 g/mol. The minimum absolute atomic E-state index is 0.0502. The summed E-state index contributed by atoms with van der Waals surface area (Å²) in [6.07, 6.45) is 1.45. The van der Waals surface area contributed by atoms with Crippen molar-refractivity contribution in [3.8, 4) is 28.6 Å². The van der Waals surface area contributed by atoms with E-state index in [1.807, 2.05) is 78.2 Å². The van der Waals surface area contributed by atoms with Crippen molar-refractivity contribution in [1.82, 2.24) is 20.2 Å². The molecule has 1 aromatic heterocycles. The quantitative estimate of drug-likeness (QED) is 0.129. The molecule has 5 rings (SSSR count). The Kier molecular flexibility index (Phi) is 8.10. The summed E-state index contributed by atoms with van der Waals surface area (Å²) < 4.78 is 7.46. The number of halogens is 1. The zero-order valence-electron chi connectivity index (χ0n) is 20.9. The molecule has 0 saturated heterocycles.